The van der Waals surface area contributed by atoms with E-state index in [2.05, 4.69) is 20.5 Å². The van der Waals surface area contributed by atoms with E-state index in [0.29, 0.717) is 24.5 Å². The molecule has 0 aliphatic heterocycles. The van der Waals surface area contributed by atoms with Gasteiger partial charge >= 0.3 is 0 Å². The Hall–Kier alpha value is -1.95. The number of rotatable bonds is 4. The molecule has 84 valence electrons. The van der Waals surface area contributed by atoms with Crippen molar-refractivity contribution in [1.82, 2.24) is 20.5 Å². The Morgan fingerprint density at radius 2 is 2.19 bits per heavy atom. The van der Waals surface area contributed by atoms with Crippen LogP contribution in [0.25, 0.3) is 0 Å². The van der Waals surface area contributed by atoms with E-state index in [1.165, 1.54) is 18.5 Å². The Morgan fingerprint density at radius 1 is 1.31 bits per heavy atom. The number of phenols is 1. The molecule has 0 aliphatic carbocycles. The van der Waals surface area contributed by atoms with Crippen molar-refractivity contribution in [3.8, 4) is 5.75 Å². The lowest BCUT2D eigenvalue weighted by Crippen LogP contribution is -2.13. The van der Waals surface area contributed by atoms with Gasteiger partial charge in [-0.05, 0) is 17.7 Å². The summed E-state index contributed by atoms with van der Waals surface area (Å²) in [6.07, 6.45) is 1.42. The lowest BCUT2D eigenvalue weighted by molar-refractivity contribution is 0.467. The lowest BCUT2D eigenvalue weighted by atomic mass is 10.2. The SMILES string of the molecule is Oc1cc(F)cc(CNCc2ncn[nH]2)c1. The maximum atomic E-state index is 12.9. The fraction of sp³-hybridized carbons (Fsp3) is 0.200. The molecule has 1 heterocycles. The number of nitrogens with one attached hydrogen (secondary N) is 2. The number of H-pyrrole nitrogens is 1. The van der Waals surface area contributed by atoms with E-state index in [-0.39, 0.29) is 5.75 Å². The van der Waals surface area contributed by atoms with E-state index < -0.39 is 5.82 Å². The van der Waals surface area contributed by atoms with Crippen LogP contribution in [0.4, 0.5) is 4.39 Å². The summed E-state index contributed by atoms with van der Waals surface area (Å²) in [7, 11) is 0. The van der Waals surface area contributed by atoms with Gasteiger partial charge < -0.3 is 10.4 Å². The molecular formula is C10H11FN4O. The van der Waals surface area contributed by atoms with Gasteiger partial charge in [0.25, 0.3) is 0 Å². The van der Waals surface area contributed by atoms with Gasteiger partial charge in [-0.15, -0.1) is 0 Å². The molecule has 5 nitrogen and oxygen atoms in total. The Labute approximate surface area is 91.3 Å². The minimum atomic E-state index is -0.448. The second-order valence-corrected chi connectivity index (χ2v) is 3.35. The van der Waals surface area contributed by atoms with Crippen LogP contribution in [-0.2, 0) is 13.1 Å². The van der Waals surface area contributed by atoms with Crippen LogP contribution >= 0.6 is 0 Å². The molecular weight excluding hydrogens is 211 g/mol. The average Bonchev–Trinajstić information content (AvgIpc) is 2.69. The van der Waals surface area contributed by atoms with Crippen LogP contribution in [0.3, 0.4) is 0 Å². The van der Waals surface area contributed by atoms with Gasteiger partial charge in [0, 0.05) is 12.6 Å². The van der Waals surface area contributed by atoms with Gasteiger partial charge in [-0.25, -0.2) is 9.37 Å². The van der Waals surface area contributed by atoms with Crippen molar-refractivity contribution in [1.29, 1.82) is 0 Å². The van der Waals surface area contributed by atoms with Gasteiger partial charge in [0.1, 0.15) is 23.7 Å². The summed E-state index contributed by atoms with van der Waals surface area (Å²) in [5.74, 6) is 0.188. The Balaban J connectivity index is 1.89. The highest BCUT2D eigenvalue weighted by molar-refractivity contribution is 5.28. The summed E-state index contributed by atoms with van der Waals surface area (Å²) in [6.45, 7) is 0.962. The Bertz CT molecular complexity index is 438. The molecule has 16 heavy (non-hydrogen) atoms. The molecule has 0 amide bonds. The molecule has 0 saturated carbocycles. The fourth-order valence-electron chi connectivity index (χ4n) is 1.38. The highest BCUT2D eigenvalue weighted by Gasteiger charge is 2.00. The van der Waals surface area contributed by atoms with Crippen LogP contribution in [0, 0.1) is 5.82 Å². The number of aromatic nitrogens is 3. The van der Waals surface area contributed by atoms with Gasteiger partial charge in [-0.2, -0.15) is 5.10 Å². The molecule has 2 rings (SSSR count). The first-order valence-electron chi connectivity index (χ1n) is 4.77. The molecule has 0 spiro atoms. The van der Waals surface area contributed by atoms with Gasteiger partial charge in [-0.3, -0.25) is 5.10 Å². The molecule has 0 radical (unpaired) electrons. The second kappa shape index (κ2) is 4.71. The minimum absolute atomic E-state index is 0.0727. The zero-order valence-electron chi connectivity index (χ0n) is 8.44. The second-order valence-electron chi connectivity index (χ2n) is 3.35. The van der Waals surface area contributed by atoms with Gasteiger partial charge in [-0.1, -0.05) is 0 Å². The average molecular weight is 222 g/mol. The van der Waals surface area contributed by atoms with Gasteiger partial charge in [0.05, 0.1) is 6.54 Å². The molecule has 0 unspecified atom stereocenters. The molecule has 1 aromatic carbocycles. The van der Waals surface area contributed by atoms with E-state index in [9.17, 15) is 9.50 Å². The predicted octanol–water partition coefficient (Wildman–Crippen LogP) is 0.939. The highest BCUT2D eigenvalue weighted by Crippen LogP contribution is 2.14. The summed E-state index contributed by atoms with van der Waals surface area (Å²) in [5.41, 5.74) is 0.678. The van der Waals surface area contributed by atoms with Crippen molar-refractivity contribution in [2.75, 3.05) is 0 Å². The summed E-state index contributed by atoms with van der Waals surface area (Å²) in [5, 5.41) is 18.6. The van der Waals surface area contributed by atoms with Gasteiger partial charge in [0.15, 0.2) is 0 Å². The molecule has 0 atom stereocenters. The van der Waals surface area contributed by atoms with E-state index in [1.807, 2.05) is 0 Å². The van der Waals surface area contributed by atoms with E-state index in [0.717, 1.165) is 6.07 Å². The van der Waals surface area contributed by atoms with Crippen LogP contribution in [-0.4, -0.2) is 20.3 Å². The monoisotopic (exact) mass is 222 g/mol. The third kappa shape index (κ3) is 2.77. The number of hydrogen-bond donors (Lipinski definition) is 3. The topological polar surface area (TPSA) is 73.8 Å². The van der Waals surface area contributed by atoms with Crippen molar-refractivity contribution in [3.05, 3.63) is 41.7 Å². The zero-order valence-corrected chi connectivity index (χ0v) is 8.44. The number of hydrogen-bond acceptors (Lipinski definition) is 4. The first kappa shape index (κ1) is 10.6. The number of phenolic OH excluding ortho intramolecular Hbond substituents is 1. The van der Waals surface area contributed by atoms with Crippen LogP contribution in [0.15, 0.2) is 24.5 Å². The van der Waals surface area contributed by atoms with Crippen LogP contribution in [0.2, 0.25) is 0 Å². The Kier molecular flexibility index (Phi) is 3.11. The van der Waals surface area contributed by atoms with Crippen molar-refractivity contribution >= 4 is 0 Å². The minimum Gasteiger partial charge on any atom is -0.508 e. The third-order valence-corrected chi connectivity index (χ3v) is 2.03. The quantitative estimate of drug-likeness (QED) is 0.719. The Morgan fingerprint density at radius 3 is 2.88 bits per heavy atom. The van der Waals surface area contributed by atoms with Crippen LogP contribution in [0.1, 0.15) is 11.4 Å². The van der Waals surface area contributed by atoms with E-state index in [1.54, 1.807) is 0 Å². The first-order valence-corrected chi connectivity index (χ1v) is 4.77. The maximum absolute atomic E-state index is 12.9. The number of aromatic hydroxyl groups is 1. The number of nitrogens with zero attached hydrogens (tertiary/aromatic N) is 2. The van der Waals surface area contributed by atoms with E-state index >= 15 is 0 Å². The molecule has 0 bridgehead atoms. The molecule has 2 aromatic rings. The predicted molar refractivity (Wildman–Crippen MR) is 55.0 cm³/mol. The lowest BCUT2D eigenvalue weighted by Gasteiger charge is -2.03. The van der Waals surface area contributed by atoms with Crippen molar-refractivity contribution in [2.24, 2.45) is 0 Å². The van der Waals surface area contributed by atoms with Crippen LogP contribution < -0.4 is 5.32 Å². The normalized spacial score (nSPS) is 10.6. The molecule has 1 aromatic heterocycles. The van der Waals surface area contributed by atoms with Crippen molar-refractivity contribution < 1.29 is 9.50 Å². The fourth-order valence-corrected chi connectivity index (χ4v) is 1.38. The highest BCUT2D eigenvalue weighted by atomic mass is 19.1. The standard InChI is InChI=1S/C10H11FN4O/c11-8-1-7(2-9(16)3-8)4-12-5-10-13-6-14-15-10/h1-3,6,12,16H,4-5H2,(H,13,14,15). The molecule has 3 N–H and O–H groups in total. The molecule has 6 heteroatoms. The maximum Gasteiger partial charge on any atom is 0.138 e. The summed E-state index contributed by atoms with van der Waals surface area (Å²) in [6, 6.07) is 3.95. The van der Waals surface area contributed by atoms with Crippen molar-refractivity contribution in [3.63, 3.8) is 0 Å². The zero-order chi connectivity index (χ0) is 11.4. The number of benzene rings is 1. The number of aromatic amines is 1. The van der Waals surface area contributed by atoms with Crippen molar-refractivity contribution in [2.45, 2.75) is 13.1 Å². The van der Waals surface area contributed by atoms with E-state index in [4.69, 9.17) is 0 Å². The van der Waals surface area contributed by atoms with Gasteiger partial charge in [0.2, 0.25) is 0 Å². The first-order chi connectivity index (χ1) is 7.74. The molecule has 0 aliphatic rings. The summed E-state index contributed by atoms with van der Waals surface area (Å²) in [4.78, 5) is 3.93. The number of halogens is 1. The molecule has 0 fully saturated rings. The largest absolute Gasteiger partial charge is 0.508 e. The third-order valence-electron chi connectivity index (χ3n) is 2.03. The van der Waals surface area contributed by atoms with Crippen LogP contribution in [0.5, 0.6) is 5.75 Å². The smallest absolute Gasteiger partial charge is 0.138 e. The summed E-state index contributed by atoms with van der Waals surface area (Å²) < 4.78 is 12.9. The molecule has 0 saturated heterocycles. The summed E-state index contributed by atoms with van der Waals surface area (Å²) >= 11 is 0.